The lowest BCUT2D eigenvalue weighted by Crippen LogP contribution is -2.40. The monoisotopic (exact) mass is 276 g/mol. The Hall–Kier alpha value is -1.60. The molecule has 3 aliphatic carbocycles. The first-order valence-corrected chi connectivity index (χ1v) is 8.19. The quantitative estimate of drug-likeness (QED) is 0.757. The molecular weight excluding hydrogens is 256 g/mol. The smallest absolute Gasteiger partial charge is 0.0810 e. The van der Waals surface area contributed by atoms with Crippen molar-refractivity contribution < 1.29 is 4.74 Å². The van der Waals surface area contributed by atoms with Gasteiger partial charge in [-0.3, -0.25) is 0 Å². The number of hydrogen-bond acceptors (Lipinski definition) is 1. The first kappa shape index (κ1) is 12.0. The molecule has 2 bridgehead atoms. The summed E-state index contributed by atoms with van der Waals surface area (Å²) in [5, 5.41) is 0. The predicted molar refractivity (Wildman–Crippen MR) is 83.7 cm³/mol. The molecule has 2 aromatic carbocycles. The van der Waals surface area contributed by atoms with Crippen LogP contribution in [0, 0.1) is 0 Å². The van der Waals surface area contributed by atoms with Crippen LogP contribution < -0.4 is 0 Å². The highest BCUT2D eigenvalue weighted by molar-refractivity contribution is 5.58. The second kappa shape index (κ2) is 4.20. The van der Waals surface area contributed by atoms with Gasteiger partial charge in [-0.25, -0.2) is 0 Å². The summed E-state index contributed by atoms with van der Waals surface area (Å²) in [6, 6.07) is 18.3. The van der Waals surface area contributed by atoms with Crippen LogP contribution in [0.5, 0.6) is 0 Å². The van der Waals surface area contributed by atoms with Gasteiger partial charge in [-0.15, -0.1) is 0 Å². The zero-order valence-electron chi connectivity index (χ0n) is 12.2. The van der Waals surface area contributed by atoms with Crippen LogP contribution in [-0.4, -0.2) is 12.7 Å². The number of ether oxygens (including phenoxy) is 1. The van der Waals surface area contributed by atoms with Gasteiger partial charge in [-0.05, 0) is 47.9 Å². The summed E-state index contributed by atoms with van der Waals surface area (Å²) in [6.07, 6.45) is 5.57. The third-order valence-electron chi connectivity index (χ3n) is 5.86. The van der Waals surface area contributed by atoms with E-state index in [1.54, 1.807) is 22.3 Å². The van der Waals surface area contributed by atoms with Gasteiger partial charge in [0.15, 0.2) is 0 Å². The summed E-state index contributed by atoms with van der Waals surface area (Å²) in [6.45, 7) is 0.974. The third kappa shape index (κ3) is 1.61. The molecule has 0 spiro atoms. The van der Waals surface area contributed by atoms with E-state index in [1.807, 2.05) is 0 Å². The Bertz CT molecular complexity index is 651. The SMILES string of the molecule is c1ccc2c(c1)C1CCC2(CCC2CO2)c2ccccc21. The van der Waals surface area contributed by atoms with Crippen LogP contribution in [0.3, 0.4) is 0 Å². The van der Waals surface area contributed by atoms with Gasteiger partial charge >= 0.3 is 0 Å². The Balaban J connectivity index is 1.71. The van der Waals surface area contributed by atoms with Crippen LogP contribution in [0.15, 0.2) is 48.5 Å². The van der Waals surface area contributed by atoms with Crippen molar-refractivity contribution in [2.75, 3.05) is 6.61 Å². The van der Waals surface area contributed by atoms with Gasteiger partial charge in [0.2, 0.25) is 0 Å². The van der Waals surface area contributed by atoms with Gasteiger partial charge in [0.25, 0.3) is 0 Å². The predicted octanol–water partition coefficient (Wildman–Crippen LogP) is 4.39. The molecule has 1 heteroatoms. The Morgan fingerprint density at radius 1 is 0.952 bits per heavy atom. The van der Waals surface area contributed by atoms with Gasteiger partial charge in [-0.1, -0.05) is 48.5 Å². The van der Waals surface area contributed by atoms with E-state index in [-0.39, 0.29) is 5.41 Å². The molecule has 0 aromatic heterocycles. The Morgan fingerprint density at radius 3 is 2.19 bits per heavy atom. The van der Waals surface area contributed by atoms with E-state index >= 15 is 0 Å². The zero-order chi connectivity index (χ0) is 13.9. The van der Waals surface area contributed by atoms with Crippen molar-refractivity contribution in [3.05, 3.63) is 70.8 Å². The van der Waals surface area contributed by atoms with E-state index in [0.29, 0.717) is 12.0 Å². The molecule has 21 heavy (non-hydrogen) atoms. The number of hydrogen-bond donors (Lipinski definition) is 0. The van der Waals surface area contributed by atoms with Gasteiger partial charge < -0.3 is 4.74 Å². The lowest BCUT2D eigenvalue weighted by molar-refractivity contribution is 0.314. The van der Waals surface area contributed by atoms with E-state index in [2.05, 4.69) is 48.5 Å². The molecule has 1 atom stereocenters. The fourth-order valence-corrected chi connectivity index (χ4v) is 4.79. The molecule has 1 nitrogen and oxygen atoms in total. The Labute approximate surface area is 126 Å². The fraction of sp³-hybridized carbons (Fsp3) is 0.400. The molecule has 0 amide bonds. The lowest BCUT2D eigenvalue weighted by Gasteiger charge is -2.49. The lowest BCUT2D eigenvalue weighted by atomic mass is 9.54. The summed E-state index contributed by atoms with van der Waals surface area (Å²) in [5.41, 5.74) is 6.60. The van der Waals surface area contributed by atoms with Crippen LogP contribution in [0.1, 0.15) is 53.9 Å². The Kier molecular flexibility index (Phi) is 2.40. The van der Waals surface area contributed by atoms with Gasteiger partial charge in [0, 0.05) is 11.3 Å². The molecule has 0 saturated carbocycles. The van der Waals surface area contributed by atoms with Crippen molar-refractivity contribution in [2.24, 2.45) is 0 Å². The van der Waals surface area contributed by atoms with Crippen LogP contribution >= 0.6 is 0 Å². The van der Waals surface area contributed by atoms with Crippen molar-refractivity contribution in [3.8, 4) is 0 Å². The van der Waals surface area contributed by atoms with Crippen molar-refractivity contribution in [1.82, 2.24) is 0 Å². The number of rotatable bonds is 3. The maximum Gasteiger partial charge on any atom is 0.0810 e. The van der Waals surface area contributed by atoms with Gasteiger partial charge in [0.05, 0.1) is 12.7 Å². The molecule has 2 aromatic rings. The number of epoxide rings is 1. The largest absolute Gasteiger partial charge is 0.373 e. The van der Waals surface area contributed by atoms with Crippen molar-refractivity contribution >= 4 is 0 Å². The molecule has 1 unspecified atom stereocenters. The van der Waals surface area contributed by atoms with E-state index in [4.69, 9.17) is 4.74 Å². The van der Waals surface area contributed by atoms with Crippen LogP contribution in [-0.2, 0) is 10.2 Å². The molecular formula is C20H20O. The summed E-state index contributed by atoms with van der Waals surface area (Å²) < 4.78 is 5.48. The molecule has 0 radical (unpaired) electrons. The highest BCUT2D eigenvalue weighted by Crippen LogP contribution is 2.58. The molecule has 106 valence electrons. The van der Waals surface area contributed by atoms with Crippen LogP contribution in [0.25, 0.3) is 0 Å². The highest BCUT2D eigenvalue weighted by Gasteiger charge is 2.48. The minimum atomic E-state index is 0.244. The van der Waals surface area contributed by atoms with Gasteiger partial charge in [0.1, 0.15) is 0 Å². The maximum atomic E-state index is 5.48. The minimum absolute atomic E-state index is 0.244. The van der Waals surface area contributed by atoms with Crippen LogP contribution in [0.4, 0.5) is 0 Å². The molecule has 1 aliphatic heterocycles. The second-order valence-electron chi connectivity index (χ2n) is 6.84. The topological polar surface area (TPSA) is 12.5 Å². The normalized spacial score (nSPS) is 31.6. The minimum Gasteiger partial charge on any atom is -0.373 e. The zero-order valence-corrected chi connectivity index (χ0v) is 12.2. The summed E-state index contributed by atoms with van der Waals surface area (Å²) in [4.78, 5) is 0. The molecule has 1 heterocycles. The summed E-state index contributed by atoms with van der Waals surface area (Å²) >= 11 is 0. The van der Waals surface area contributed by atoms with Gasteiger partial charge in [-0.2, -0.15) is 0 Å². The first-order valence-electron chi connectivity index (χ1n) is 8.19. The first-order chi connectivity index (χ1) is 10.4. The van der Waals surface area contributed by atoms with E-state index < -0.39 is 0 Å². The van der Waals surface area contributed by atoms with E-state index in [0.717, 1.165) is 6.61 Å². The maximum absolute atomic E-state index is 5.48. The summed E-state index contributed by atoms with van der Waals surface area (Å²) in [5.74, 6) is 0.622. The van der Waals surface area contributed by atoms with E-state index in [9.17, 15) is 0 Å². The number of benzene rings is 2. The third-order valence-corrected chi connectivity index (χ3v) is 5.86. The molecule has 1 saturated heterocycles. The van der Waals surface area contributed by atoms with E-state index in [1.165, 1.54) is 25.7 Å². The average Bonchev–Trinajstić information content (AvgIpc) is 3.38. The molecule has 1 fully saturated rings. The molecule has 0 N–H and O–H groups in total. The molecule has 6 rings (SSSR count). The van der Waals surface area contributed by atoms with Crippen molar-refractivity contribution in [2.45, 2.75) is 43.1 Å². The second-order valence-corrected chi connectivity index (χ2v) is 6.84. The average molecular weight is 276 g/mol. The standard InChI is InChI=1S/C20H20O/c1-3-7-18-16(5-1)15-10-12-20(18,11-9-14-13-21-14)19-8-4-2-6-17(15)19/h1-8,14-15H,9-13H2. The number of fused-ring (bicyclic) bond motifs is 1. The van der Waals surface area contributed by atoms with Crippen LogP contribution in [0.2, 0.25) is 0 Å². The van der Waals surface area contributed by atoms with Crippen molar-refractivity contribution in [1.29, 1.82) is 0 Å². The Morgan fingerprint density at radius 2 is 1.57 bits per heavy atom. The molecule has 4 aliphatic rings. The summed E-state index contributed by atoms with van der Waals surface area (Å²) in [7, 11) is 0. The highest BCUT2D eigenvalue weighted by atomic mass is 16.6. The van der Waals surface area contributed by atoms with Crippen molar-refractivity contribution in [3.63, 3.8) is 0 Å². The fourth-order valence-electron chi connectivity index (χ4n) is 4.79.